The van der Waals surface area contributed by atoms with Gasteiger partial charge >= 0.3 is 0 Å². The highest BCUT2D eigenvalue weighted by atomic mass is 16.2. The van der Waals surface area contributed by atoms with Gasteiger partial charge in [-0.1, -0.05) is 31.9 Å². The van der Waals surface area contributed by atoms with Crippen LogP contribution in [0.5, 0.6) is 0 Å². The van der Waals surface area contributed by atoms with Crippen molar-refractivity contribution in [2.24, 2.45) is 0 Å². The molecular formula is C17H24N2O3. The number of hydrogen-bond donors (Lipinski definition) is 1. The lowest BCUT2D eigenvalue weighted by Gasteiger charge is -2.12. The molecule has 22 heavy (non-hydrogen) atoms. The molecule has 1 rings (SSSR count). The molecule has 1 aromatic carbocycles. The lowest BCUT2D eigenvalue weighted by molar-refractivity contribution is -0.121. The van der Waals surface area contributed by atoms with E-state index >= 15 is 0 Å². The normalized spacial score (nSPS) is 10.1. The van der Waals surface area contributed by atoms with Crippen molar-refractivity contribution >= 4 is 18.2 Å². The molecule has 0 radical (unpaired) electrons. The number of carbonyl (C=O) groups is 3. The third kappa shape index (κ3) is 5.31. The molecule has 0 aromatic heterocycles. The maximum atomic E-state index is 11.9. The second-order valence-corrected chi connectivity index (χ2v) is 5.40. The van der Waals surface area contributed by atoms with E-state index in [2.05, 4.69) is 12.2 Å². The second kappa shape index (κ2) is 8.97. The number of aryl methyl sites for hydroxylation is 1. The zero-order valence-electron chi connectivity index (χ0n) is 13.5. The molecule has 0 saturated carbocycles. The first-order valence-electron chi connectivity index (χ1n) is 7.58. The van der Waals surface area contributed by atoms with E-state index < -0.39 is 0 Å². The third-order valence-electron chi connectivity index (χ3n) is 3.50. The van der Waals surface area contributed by atoms with Crippen LogP contribution in [0.3, 0.4) is 0 Å². The van der Waals surface area contributed by atoms with E-state index in [4.69, 9.17) is 0 Å². The monoisotopic (exact) mass is 304 g/mol. The fraction of sp³-hybridized carbons (Fsp3) is 0.471. The molecule has 0 aliphatic carbocycles. The van der Waals surface area contributed by atoms with Crippen molar-refractivity contribution in [2.75, 3.05) is 7.05 Å². The van der Waals surface area contributed by atoms with Crippen LogP contribution in [0.2, 0.25) is 0 Å². The Kier molecular flexibility index (Phi) is 7.29. The summed E-state index contributed by atoms with van der Waals surface area (Å²) in [5.74, 6) is -0.283. The average Bonchev–Trinajstić information content (AvgIpc) is 2.52. The lowest BCUT2D eigenvalue weighted by Crippen LogP contribution is -2.26. The van der Waals surface area contributed by atoms with Crippen LogP contribution in [-0.4, -0.2) is 30.2 Å². The van der Waals surface area contributed by atoms with Gasteiger partial charge in [-0.2, -0.15) is 0 Å². The minimum atomic E-state index is -0.331. The van der Waals surface area contributed by atoms with Crippen LogP contribution in [0.25, 0.3) is 0 Å². The summed E-state index contributed by atoms with van der Waals surface area (Å²) in [5, 5.41) is 2.88. The molecule has 3 amide bonds. The van der Waals surface area contributed by atoms with Crippen molar-refractivity contribution in [1.82, 2.24) is 10.2 Å². The lowest BCUT2D eigenvalue weighted by atomic mass is 10.0. The first-order chi connectivity index (χ1) is 10.5. The van der Waals surface area contributed by atoms with Crippen LogP contribution in [0.4, 0.5) is 0 Å². The largest absolute Gasteiger partial charge is 0.352 e. The van der Waals surface area contributed by atoms with E-state index in [1.807, 2.05) is 13.0 Å². The predicted octanol–water partition coefficient (Wildman–Crippen LogP) is 2.42. The molecule has 0 fully saturated rings. The van der Waals surface area contributed by atoms with Crippen LogP contribution >= 0.6 is 0 Å². The summed E-state index contributed by atoms with van der Waals surface area (Å²) in [6, 6.07) is 5.35. The van der Waals surface area contributed by atoms with Gasteiger partial charge in [0.15, 0.2) is 0 Å². The van der Waals surface area contributed by atoms with Crippen molar-refractivity contribution in [2.45, 2.75) is 46.1 Å². The van der Waals surface area contributed by atoms with E-state index in [-0.39, 0.29) is 11.8 Å². The molecular weight excluding hydrogens is 280 g/mol. The summed E-state index contributed by atoms with van der Waals surface area (Å²) in [6.45, 7) is 4.37. The molecule has 0 unspecified atom stereocenters. The molecule has 1 aromatic rings. The van der Waals surface area contributed by atoms with Crippen molar-refractivity contribution in [1.29, 1.82) is 0 Å². The molecule has 0 atom stereocenters. The summed E-state index contributed by atoms with van der Waals surface area (Å²) in [4.78, 5) is 35.3. The maximum Gasteiger partial charge on any atom is 0.260 e. The quantitative estimate of drug-likeness (QED) is 0.592. The number of unbranched alkanes of at least 4 members (excludes halogenated alkanes) is 2. The van der Waals surface area contributed by atoms with Gasteiger partial charge in [0.05, 0.1) is 0 Å². The maximum absolute atomic E-state index is 11.9. The Bertz CT molecular complexity index is 541. The zero-order valence-corrected chi connectivity index (χ0v) is 13.5. The number of amides is 3. The van der Waals surface area contributed by atoms with E-state index in [0.717, 1.165) is 35.3 Å². The first-order valence-corrected chi connectivity index (χ1v) is 7.58. The molecule has 0 aliphatic rings. The van der Waals surface area contributed by atoms with Crippen molar-refractivity contribution in [3.05, 3.63) is 34.9 Å². The SMILES string of the molecule is CCCCCC(=O)NCc1ccc(C(=O)N(C)C=O)c(C)c1. The van der Waals surface area contributed by atoms with Crippen LogP contribution in [0, 0.1) is 6.92 Å². The van der Waals surface area contributed by atoms with Crippen LogP contribution in [0.1, 0.15) is 54.1 Å². The molecule has 0 heterocycles. The molecule has 1 N–H and O–H groups in total. The van der Waals surface area contributed by atoms with Crippen molar-refractivity contribution in [3.63, 3.8) is 0 Å². The summed E-state index contributed by atoms with van der Waals surface area (Å²) in [6.07, 6.45) is 4.11. The number of nitrogens with zero attached hydrogens (tertiary/aromatic N) is 1. The third-order valence-corrected chi connectivity index (χ3v) is 3.50. The number of carbonyl (C=O) groups excluding carboxylic acids is 3. The molecule has 0 bridgehead atoms. The number of nitrogens with one attached hydrogen (secondary N) is 1. The first kappa shape index (κ1) is 17.9. The Morgan fingerprint density at radius 1 is 1.27 bits per heavy atom. The highest BCUT2D eigenvalue weighted by molar-refractivity contribution is 6.00. The van der Waals surface area contributed by atoms with Gasteiger partial charge in [-0.15, -0.1) is 0 Å². The highest BCUT2D eigenvalue weighted by Crippen LogP contribution is 2.13. The van der Waals surface area contributed by atoms with E-state index in [1.165, 1.54) is 7.05 Å². The van der Waals surface area contributed by atoms with Gasteiger partial charge in [-0.05, 0) is 30.5 Å². The Labute approximate surface area is 131 Å². The average molecular weight is 304 g/mol. The Morgan fingerprint density at radius 3 is 2.59 bits per heavy atom. The van der Waals surface area contributed by atoms with Gasteiger partial charge in [0.1, 0.15) is 0 Å². The minimum absolute atomic E-state index is 0.0481. The molecule has 5 heteroatoms. The van der Waals surface area contributed by atoms with Crippen LogP contribution in [-0.2, 0) is 16.1 Å². The summed E-state index contributed by atoms with van der Waals surface area (Å²) in [7, 11) is 1.43. The Morgan fingerprint density at radius 2 is 2.00 bits per heavy atom. The summed E-state index contributed by atoms with van der Waals surface area (Å²) in [5.41, 5.74) is 2.22. The predicted molar refractivity (Wildman–Crippen MR) is 85.3 cm³/mol. The zero-order chi connectivity index (χ0) is 16.5. The number of benzene rings is 1. The molecule has 120 valence electrons. The topological polar surface area (TPSA) is 66.5 Å². The van der Waals surface area contributed by atoms with E-state index in [0.29, 0.717) is 24.9 Å². The van der Waals surface area contributed by atoms with Gasteiger partial charge < -0.3 is 5.32 Å². The smallest absolute Gasteiger partial charge is 0.260 e. The molecule has 5 nitrogen and oxygen atoms in total. The Hall–Kier alpha value is -2.17. The minimum Gasteiger partial charge on any atom is -0.352 e. The molecule has 0 spiro atoms. The molecule has 0 saturated heterocycles. The standard InChI is InChI=1S/C17H24N2O3/c1-4-5-6-7-16(21)18-11-14-8-9-15(13(2)10-14)17(22)19(3)12-20/h8-10,12H,4-7,11H2,1-3H3,(H,18,21). The fourth-order valence-corrected chi connectivity index (χ4v) is 2.14. The van der Waals surface area contributed by atoms with E-state index in [1.54, 1.807) is 12.1 Å². The van der Waals surface area contributed by atoms with Crippen molar-refractivity contribution < 1.29 is 14.4 Å². The van der Waals surface area contributed by atoms with E-state index in [9.17, 15) is 14.4 Å². The van der Waals surface area contributed by atoms with Gasteiger partial charge in [0.25, 0.3) is 5.91 Å². The highest BCUT2D eigenvalue weighted by Gasteiger charge is 2.13. The van der Waals surface area contributed by atoms with Gasteiger partial charge in [-0.25, -0.2) is 0 Å². The molecule has 0 aliphatic heterocycles. The number of rotatable bonds is 8. The summed E-state index contributed by atoms with van der Waals surface area (Å²) < 4.78 is 0. The van der Waals surface area contributed by atoms with Crippen molar-refractivity contribution in [3.8, 4) is 0 Å². The van der Waals surface area contributed by atoms with Crippen LogP contribution < -0.4 is 5.32 Å². The second-order valence-electron chi connectivity index (χ2n) is 5.40. The number of hydrogen-bond acceptors (Lipinski definition) is 3. The Balaban J connectivity index is 2.60. The number of imide groups is 1. The summed E-state index contributed by atoms with van der Waals surface area (Å²) >= 11 is 0. The van der Waals surface area contributed by atoms with Crippen LogP contribution in [0.15, 0.2) is 18.2 Å². The van der Waals surface area contributed by atoms with Gasteiger partial charge in [0, 0.05) is 25.6 Å². The van der Waals surface area contributed by atoms with Gasteiger partial charge in [-0.3, -0.25) is 19.3 Å². The van der Waals surface area contributed by atoms with Gasteiger partial charge in [0.2, 0.25) is 12.3 Å². The fourth-order valence-electron chi connectivity index (χ4n) is 2.14.